The molecule has 1 N–H and O–H groups in total. The Morgan fingerprint density at radius 3 is 3.00 bits per heavy atom. The SMILES string of the molecule is CNC(=O)C1CCCN(C(=O)CCn2ccnn2)C1. The zero-order valence-electron chi connectivity index (χ0n) is 11.1. The molecule has 0 saturated carbocycles. The molecule has 104 valence electrons. The van der Waals surface area contributed by atoms with E-state index in [0.29, 0.717) is 19.5 Å². The van der Waals surface area contributed by atoms with E-state index in [1.807, 2.05) is 0 Å². The van der Waals surface area contributed by atoms with Gasteiger partial charge in [0.1, 0.15) is 0 Å². The van der Waals surface area contributed by atoms with Crippen molar-refractivity contribution in [2.75, 3.05) is 20.1 Å². The molecule has 1 unspecified atom stereocenters. The van der Waals surface area contributed by atoms with Gasteiger partial charge in [0.25, 0.3) is 0 Å². The van der Waals surface area contributed by atoms with Crippen LogP contribution in [0.25, 0.3) is 0 Å². The van der Waals surface area contributed by atoms with Crippen molar-refractivity contribution in [1.82, 2.24) is 25.2 Å². The molecule has 19 heavy (non-hydrogen) atoms. The predicted octanol–water partition coefficient (Wildman–Crippen LogP) is -0.347. The largest absolute Gasteiger partial charge is 0.359 e. The third-order valence-corrected chi connectivity index (χ3v) is 3.42. The van der Waals surface area contributed by atoms with E-state index in [2.05, 4.69) is 15.6 Å². The zero-order valence-corrected chi connectivity index (χ0v) is 11.1. The summed E-state index contributed by atoms with van der Waals surface area (Å²) in [5.41, 5.74) is 0. The number of aromatic nitrogens is 3. The zero-order chi connectivity index (χ0) is 13.7. The molecule has 1 saturated heterocycles. The standard InChI is InChI=1S/C12H19N5O2/c1-13-12(19)10-3-2-6-16(9-10)11(18)4-7-17-8-5-14-15-17/h5,8,10H,2-4,6-7,9H2,1H3,(H,13,19). The first kappa shape index (κ1) is 13.5. The molecule has 7 nitrogen and oxygen atoms in total. The number of carbonyl (C=O) groups is 2. The lowest BCUT2D eigenvalue weighted by atomic mass is 9.97. The molecule has 2 amide bonds. The van der Waals surface area contributed by atoms with Gasteiger partial charge >= 0.3 is 0 Å². The summed E-state index contributed by atoms with van der Waals surface area (Å²) in [4.78, 5) is 25.5. The van der Waals surface area contributed by atoms with Crippen LogP contribution in [-0.4, -0.2) is 51.8 Å². The second-order valence-electron chi connectivity index (χ2n) is 4.71. The van der Waals surface area contributed by atoms with Crippen LogP contribution >= 0.6 is 0 Å². The maximum absolute atomic E-state index is 12.1. The van der Waals surface area contributed by atoms with Crippen molar-refractivity contribution in [2.24, 2.45) is 5.92 Å². The third-order valence-electron chi connectivity index (χ3n) is 3.42. The quantitative estimate of drug-likeness (QED) is 0.807. The van der Waals surface area contributed by atoms with Crippen molar-refractivity contribution >= 4 is 11.8 Å². The van der Waals surface area contributed by atoms with Crippen LogP contribution in [0.4, 0.5) is 0 Å². The van der Waals surface area contributed by atoms with Gasteiger partial charge in [-0.15, -0.1) is 5.10 Å². The smallest absolute Gasteiger partial charge is 0.224 e. The highest BCUT2D eigenvalue weighted by Gasteiger charge is 2.27. The van der Waals surface area contributed by atoms with Crippen molar-refractivity contribution in [1.29, 1.82) is 0 Å². The molecule has 0 aliphatic carbocycles. The summed E-state index contributed by atoms with van der Waals surface area (Å²) in [6.07, 6.45) is 5.45. The van der Waals surface area contributed by atoms with E-state index in [4.69, 9.17) is 0 Å². The molecule has 0 spiro atoms. The Morgan fingerprint density at radius 1 is 1.47 bits per heavy atom. The Hall–Kier alpha value is -1.92. The molecule has 1 aliphatic heterocycles. The van der Waals surface area contributed by atoms with Crippen LogP contribution in [-0.2, 0) is 16.1 Å². The normalized spacial score (nSPS) is 19.2. The predicted molar refractivity (Wildman–Crippen MR) is 68.0 cm³/mol. The number of amides is 2. The molecule has 1 aromatic rings. The minimum absolute atomic E-state index is 0.0220. The van der Waals surface area contributed by atoms with Gasteiger partial charge < -0.3 is 10.2 Å². The lowest BCUT2D eigenvalue weighted by molar-refractivity contribution is -0.135. The van der Waals surface area contributed by atoms with Crippen LogP contribution in [0.1, 0.15) is 19.3 Å². The van der Waals surface area contributed by atoms with E-state index in [0.717, 1.165) is 19.4 Å². The second kappa shape index (κ2) is 6.31. The highest BCUT2D eigenvalue weighted by Crippen LogP contribution is 2.17. The topological polar surface area (TPSA) is 80.1 Å². The summed E-state index contributed by atoms with van der Waals surface area (Å²) < 4.78 is 1.64. The Bertz CT molecular complexity index is 431. The lowest BCUT2D eigenvalue weighted by Crippen LogP contribution is -2.45. The first-order chi connectivity index (χ1) is 9.20. The molecule has 2 heterocycles. The van der Waals surface area contributed by atoms with Gasteiger partial charge in [0, 0.05) is 32.8 Å². The summed E-state index contributed by atoms with van der Waals surface area (Å²) in [6, 6.07) is 0. The van der Waals surface area contributed by atoms with Crippen molar-refractivity contribution < 1.29 is 9.59 Å². The fourth-order valence-corrected chi connectivity index (χ4v) is 2.34. The number of piperidine rings is 1. The first-order valence-corrected chi connectivity index (χ1v) is 6.54. The van der Waals surface area contributed by atoms with Crippen molar-refractivity contribution in [3.05, 3.63) is 12.4 Å². The highest BCUT2D eigenvalue weighted by molar-refractivity contribution is 5.81. The maximum Gasteiger partial charge on any atom is 0.224 e. The molecule has 1 aromatic heterocycles. The van der Waals surface area contributed by atoms with Crippen LogP contribution in [0.5, 0.6) is 0 Å². The van der Waals surface area contributed by atoms with E-state index >= 15 is 0 Å². The van der Waals surface area contributed by atoms with E-state index in [-0.39, 0.29) is 17.7 Å². The third kappa shape index (κ3) is 3.52. The lowest BCUT2D eigenvalue weighted by Gasteiger charge is -2.31. The van der Waals surface area contributed by atoms with Gasteiger partial charge in [-0.3, -0.25) is 14.3 Å². The van der Waals surface area contributed by atoms with Crippen molar-refractivity contribution in [3.8, 4) is 0 Å². The number of aryl methyl sites for hydroxylation is 1. The van der Waals surface area contributed by atoms with Crippen LogP contribution in [0.2, 0.25) is 0 Å². The highest BCUT2D eigenvalue weighted by atomic mass is 16.2. The summed E-state index contributed by atoms with van der Waals surface area (Å²) in [7, 11) is 1.63. The van der Waals surface area contributed by atoms with Gasteiger partial charge in [0.05, 0.1) is 18.7 Å². The molecule has 1 aliphatic rings. The molecular formula is C12H19N5O2. The Balaban J connectivity index is 1.83. The molecule has 0 aromatic carbocycles. The van der Waals surface area contributed by atoms with E-state index in [1.54, 1.807) is 29.0 Å². The number of hydrogen-bond donors (Lipinski definition) is 1. The summed E-state index contributed by atoms with van der Waals surface area (Å²) in [5.74, 6) is 0.0203. The minimum atomic E-state index is -0.0749. The number of nitrogens with zero attached hydrogens (tertiary/aromatic N) is 4. The number of carbonyl (C=O) groups excluding carboxylic acids is 2. The van der Waals surface area contributed by atoms with Crippen LogP contribution < -0.4 is 5.32 Å². The summed E-state index contributed by atoms with van der Waals surface area (Å²) >= 11 is 0. The van der Waals surface area contributed by atoms with Gasteiger partial charge in [-0.1, -0.05) is 5.21 Å². The fraction of sp³-hybridized carbons (Fsp3) is 0.667. The maximum atomic E-state index is 12.1. The average Bonchev–Trinajstić information content (AvgIpc) is 2.97. The number of rotatable bonds is 4. The molecule has 1 fully saturated rings. The van der Waals surface area contributed by atoms with Crippen LogP contribution in [0, 0.1) is 5.92 Å². The molecular weight excluding hydrogens is 246 g/mol. The number of likely N-dealkylation sites (tertiary alicyclic amines) is 1. The van der Waals surface area contributed by atoms with Gasteiger partial charge in [-0.05, 0) is 12.8 Å². The van der Waals surface area contributed by atoms with Crippen molar-refractivity contribution in [3.63, 3.8) is 0 Å². The molecule has 1 atom stereocenters. The van der Waals surface area contributed by atoms with Crippen LogP contribution in [0.3, 0.4) is 0 Å². The minimum Gasteiger partial charge on any atom is -0.359 e. The first-order valence-electron chi connectivity index (χ1n) is 6.54. The van der Waals surface area contributed by atoms with Crippen LogP contribution in [0.15, 0.2) is 12.4 Å². The van der Waals surface area contributed by atoms with E-state index < -0.39 is 0 Å². The van der Waals surface area contributed by atoms with Gasteiger partial charge in [-0.25, -0.2) is 0 Å². The van der Waals surface area contributed by atoms with E-state index in [9.17, 15) is 9.59 Å². The summed E-state index contributed by atoms with van der Waals surface area (Å²) in [5, 5.41) is 10.2. The fourth-order valence-electron chi connectivity index (χ4n) is 2.34. The second-order valence-corrected chi connectivity index (χ2v) is 4.71. The van der Waals surface area contributed by atoms with Gasteiger partial charge in [0.2, 0.25) is 11.8 Å². The van der Waals surface area contributed by atoms with Gasteiger partial charge in [-0.2, -0.15) is 0 Å². The Labute approximate surface area is 112 Å². The number of hydrogen-bond acceptors (Lipinski definition) is 4. The Morgan fingerprint density at radius 2 is 2.32 bits per heavy atom. The monoisotopic (exact) mass is 265 g/mol. The molecule has 7 heteroatoms. The molecule has 0 radical (unpaired) electrons. The van der Waals surface area contributed by atoms with Gasteiger partial charge in [0.15, 0.2) is 0 Å². The van der Waals surface area contributed by atoms with E-state index in [1.165, 1.54) is 0 Å². The molecule has 0 bridgehead atoms. The Kier molecular flexibility index (Phi) is 4.48. The average molecular weight is 265 g/mol. The molecule has 2 rings (SSSR count). The number of nitrogens with one attached hydrogen (secondary N) is 1. The van der Waals surface area contributed by atoms with Crippen molar-refractivity contribution in [2.45, 2.75) is 25.8 Å². The summed E-state index contributed by atoms with van der Waals surface area (Å²) in [6.45, 7) is 1.79.